The second-order valence-electron chi connectivity index (χ2n) is 5.58. The van der Waals surface area contributed by atoms with Crippen molar-refractivity contribution < 1.29 is 14.7 Å². The van der Waals surface area contributed by atoms with Gasteiger partial charge >= 0.3 is 5.97 Å². The first-order chi connectivity index (χ1) is 10.9. The molecule has 0 fully saturated rings. The Morgan fingerprint density at radius 2 is 1.61 bits per heavy atom. The van der Waals surface area contributed by atoms with Gasteiger partial charge in [-0.25, -0.2) is 4.79 Å². The summed E-state index contributed by atoms with van der Waals surface area (Å²) in [5, 5.41) is 11.9. The van der Waals surface area contributed by atoms with Crippen LogP contribution < -0.4 is 5.32 Å². The molecule has 1 atom stereocenters. The Hall–Kier alpha value is -0.880. The maximum absolute atomic E-state index is 12.2. The first-order valence-corrected chi connectivity index (χ1v) is 9.52. The third kappa shape index (κ3) is 7.97. The summed E-state index contributed by atoms with van der Waals surface area (Å²) >= 11 is 6.64. The Bertz CT molecular complexity index is 514. The van der Waals surface area contributed by atoms with Crippen LogP contribution in [0, 0.1) is 0 Å². The average molecular weight is 449 g/mol. The highest BCUT2D eigenvalue weighted by Gasteiger charge is 2.20. The molecule has 23 heavy (non-hydrogen) atoms. The molecule has 0 radical (unpaired) electrons. The Morgan fingerprint density at radius 1 is 1.04 bits per heavy atom. The molecule has 2 N–H and O–H groups in total. The molecule has 128 valence electrons. The third-order valence-corrected chi connectivity index (χ3v) is 4.49. The monoisotopic (exact) mass is 447 g/mol. The molecule has 1 rings (SSSR count). The molecule has 0 bridgehead atoms. The molecule has 0 aliphatic rings. The fourth-order valence-corrected chi connectivity index (χ4v) is 3.61. The lowest BCUT2D eigenvalue weighted by Gasteiger charge is -2.15. The van der Waals surface area contributed by atoms with E-state index in [4.69, 9.17) is 0 Å². The van der Waals surface area contributed by atoms with Crippen LogP contribution >= 0.6 is 31.9 Å². The molecule has 0 unspecified atom stereocenters. The summed E-state index contributed by atoms with van der Waals surface area (Å²) in [4.78, 5) is 23.6. The van der Waals surface area contributed by atoms with E-state index in [1.165, 1.54) is 19.3 Å². The topological polar surface area (TPSA) is 66.4 Å². The van der Waals surface area contributed by atoms with Crippen LogP contribution in [0.15, 0.2) is 27.1 Å². The molecule has 1 aromatic carbocycles. The lowest BCUT2D eigenvalue weighted by Crippen LogP contribution is -2.40. The van der Waals surface area contributed by atoms with Gasteiger partial charge in [0.15, 0.2) is 0 Å². The highest BCUT2D eigenvalue weighted by atomic mass is 79.9. The third-order valence-electron chi connectivity index (χ3n) is 3.57. The van der Waals surface area contributed by atoms with Crippen LogP contribution in [0.2, 0.25) is 0 Å². The van der Waals surface area contributed by atoms with Gasteiger partial charge in [0.25, 0.3) is 5.91 Å². The summed E-state index contributed by atoms with van der Waals surface area (Å²) in [7, 11) is 0. The number of aliphatic carboxylic acids is 1. The van der Waals surface area contributed by atoms with E-state index in [0.717, 1.165) is 28.2 Å². The minimum Gasteiger partial charge on any atom is -0.480 e. The van der Waals surface area contributed by atoms with Gasteiger partial charge in [0.1, 0.15) is 6.04 Å². The van der Waals surface area contributed by atoms with Crippen LogP contribution in [0.1, 0.15) is 62.2 Å². The van der Waals surface area contributed by atoms with Gasteiger partial charge in [0, 0.05) is 14.5 Å². The lowest BCUT2D eigenvalue weighted by atomic mass is 10.1. The number of halogens is 2. The van der Waals surface area contributed by atoms with Crippen molar-refractivity contribution in [1.29, 1.82) is 0 Å². The summed E-state index contributed by atoms with van der Waals surface area (Å²) in [6.07, 6.45) is 6.99. The van der Waals surface area contributed by atoms with Crippen molar-refractivity contribution >= 4 is 43.7 Å². The smallest absolute Gasteiger partial charge is 0.326 e. The first kappa shape index (κ1) is 20.2. The number of hydrogen-bond donors (Lipinski definition) is 2. The number of benzene rings is 1. The van der Waals surface area contributed by atoms with Crippen molar-refractivity contribution in [2.24, 2.45) is 0 Å². The van der Waals surface area contributed by atoms with Crippen molar-refractivity contribution in [1.82, 2.24) is 5.32 Å². The van der Waals surface area contributed by atoms with Gasteiger partial charge in [-0.3, -0.25) is 4.79 Å². The molecule has 1 amide bonds. The maximum atomic E-state index is 12.2. The minimum atomic E-state index is -0.985. The molecular formula is C17H23Br2NO3. The van der Waals surface area contributed by atoms with Crippen molar-refractivity contribution in [3.8, 4) is 0 Å². The van der Waals surface area contributed by atoms with Crippen molar-refractivity contribution in [2.75, 3.05) is 0 Å². The molecule has 6 heteroatoms. The van der Waals surface area contributed by atoms with Gasteiger partial charge < -0.3 is 10.4 Å². The van der Waals surface area contributed by atoms with E-state index in [0.29, 0.717) is 12.0 Å². The van der Waals surface area contributed by atoms with E-state index in [2.05, 4.69) is 44.1 Å². The molecule has 0 saturated carbocycles. The Morgan fingerprint density at radius 3 is 2.17 bits per heavy atom. The summed E-state index contributed by atoms with van der Waals surface area (Å²) in [6, 6.07) is 4.32. The second kappa shape index (κ2) is 10.8. The quantitative estimate of drug-likeness (QED) is 0.486. The molecule has 0 saturated heterocycles. The van der Waals surface area contributed by atoms with Crippen LogP contribution in [0.4, 0.5) is 0 Å². The molecule has 4 nitrogen and oxygen atoms in total. The minimum absolute atomic E-state index is 0.370. The van der Waals surface area contributed by atoms with Gasteiger partial charge in [-0.15, -0.1) is 0 Å². The number of amides is 1. The molecule has 0 aromatic heterocycles. The number of rotatable bonds is 10. The molecule has 0 aliphatic heterocycles. The molecular weight excluding hydrogens is 426 g/mol. The van der Waals surface area contributed by atoms with E-state index in [1.807, 2.05) is 6.07 Å². The Kier molecular flexibility index (Phi) is 9.48. The lowest BCUT2D eigenvalue weighted by molar-refractivity contribution is -0.139. The van der Waals surface area contributed by atoms with E-state index >= 15 is 0 Å². The molecule has 0 heterocycles. The zero-order valence-corrected chi connectivity index (χ0v) is 16.5. The zero-order valence-electron chi connectivity index (χ0n) is 13.3. The largest absolute Gasteiger partial charge is 0.480 e. The molecule has 1 aromatic rings. The van der Waals surface area contributed by atoms with Crippen molar-refractivity contribution in [3.63, 3.8) is 0 Å². The summed E-state index contributed by atoms with van der Waals surface area (Å²) in [5.74, 6) is -1.36. The van der Waals surface area contributed by atoms with E-state index < -0.39 is 12.0 Å². The highest BCUT2D eigenvalue weighted by Crippen LogP contribution is 2.20. The van der Waals surface area contributed by atoms with Gasteiger partial charge in [-0.05, 0) is 24.6 Å². The summed E-state index contributed by atoms with van der Waals surface area (Å²) in [6.45, 7) is 2.16. The predicted molar refractivity (Wildman–Crippen MR) is 98.7 cm³/mol. The van der Waals surface area contributed by atoms with Crippen LogP contribution in [-0.4, -0.2) is 23.0 Å². The van der Waals surface area contributed by atoms with Crippen LogP contribution in [0.3, 0.4) is 0 Å². The summed E-state index contributed by atoms with van der Waals surface area (Å²) in [5.41, 5.74) is 0.431. The van der Waals surface area contributed by atoms with Crippen LogP contribution in [0.25, 0.3) is 0 Å². The van der Waals surface area contributed by atoms with Crippen LogP contribution in [0.5, 0.6) is 0 Å². The Labute approximate surface area is 154 Å². The van der Waals surface area contributed by atoms with Gasteiger partial charge in [0.2, 0.25) is 0 Å². The van der Waals surface area contributed by atoms with E-state index in [1.54, 1.807) is 12.1 Å². The van der Waals surface area contributed by atoms with E-state index in [9.17, 15) is 14.7 Å². The number of hydrogen-bond acceptors (Lipinski definition) is 2. The number of carbonyl (C=O) groups excluding carboxylic acids is 1. The highest BCUT2D eigenvalue weighted by molar-refractivity contribution is 9.11. The van der Waals surface area contributed by atoms with Crippen molar-refractivity contribution in [2.45, 2.75) is 57.9 Å². The van der Waals surface area contributed by atoms with Gasteiger partial charge in [-0.1, -0.05) is 77.3 Å². The number of carboxylic acids is 1. The fraction of sp³-hybridized carbons (Fsp3) is 0.529. The van der Waals surface area contributed by atoms with Crippen molar-refractivity contribution in [3.05, 3.63) is 32.7 Å². The second-order valence-corrected chi connectivity index (χ2v) is 7.41. The Balaban J connectivity index is 2.51. The number of unbranched alkanes of at least 4 members (excludes halogenated alkanes) is 5. The number of carbonyl (C=O) groups is 2. The van der Waals surface area contributed by atoms with Crippen LogP contribution in [-0.2, 0) is 4.79 Å². The normalized spacial score (nSPS) is 12.0. The fourth-order valence-electron chi connectivity index (χ4n) is 2.31. The van der Waals surface area contributed by atoms with E-state index in [-0.39, 0.29) is 5.91 Å². The van der Waals surface area contributed by atoms with Gasteiger partial charge in [-0.2, -0.15) is 0 Å². The molecule has 0 aliphatic carbocycles. The predicted octanol–water partition coefficient (Wildman–Crippen LogP) is 5.15. The maximum Gasteiger partial charge on any atom is 0.326 e. The first-order valence-electron chi connectivity index (χ1n) is 7.93. The SMILES string of the molecule is CCCCCCCC[C@@H](NC(=O)c1cc(Br)cc(Br)c1)C(=O)O. The number of nitrogens with one attached hydrogen (secondary N) is 1. The zero-order chi connectivity index (χ0) is 17.2. The number of carboxylic acid groups (broad SMARTS) is 1. The molecule has 0 spiro atoms. The average Bonchev–Trinajstić information content (AvgIpc) is 2.48. The standard InChI is InChI=1S/C17H23Br2NO3/c1-2-3-4-5-6-7-8-15(17(22)23)20-16(21)12-9-13(18)11-14(19)10-12/h9-11,15H,2-8H2,1H3,(H,20,21)(H,22,23)/t15-/m1/s1. The summed E-state index contributed by atoms with van der Waals surface area (Å²) < 4.78 is 1.53. The van der Waals surface area contributed by atoms with Gasteiger partial charge in [0.05, 0.1) is 0 Å².